The van der Waals surface area contributed by atoms with E-state index in [-0.39, 0.29) is 6.23 Å². The molecule has 1 unspecified atom stereocenters. The summed E-state index contributed by atoms with van der Waals surface area (Å²) in [6.45, 7) is 5.74. The highest BCUT2D eigenvalue weighted by atomic mass is 16.5. The van der Waals surface area contributed by atoms with Gasteiger partial charge in [0.2, 0.25) is 0 Å². The van der Waals surface area contributed by atoms with E-state index < -0.39 is 0 Å². The summed E-state index contributed by atoms with van der Waals surface area (Å²) in [5, 5.41) is 0. The van der Waals surface area contributed by atoms with Gasteiger partial charge in [0, 0.05) is 17.3 Å². The second-order valence-corrected chi connectivity index (χ2v) is 4.85. The molecule has 0 radical (unpaired) electrons. The van der Waals surface area contributed by atoms with Crippen LogP contribution in [0.1, 0.15) is 12.6 Å². The van der Waals surface area contributed by atoms with Gasteiger partial charge in [-0.05, 0) is 39.2 Å². The van der Waals surface area contributed by atoms with Crippen LogP contribution in [0.3, 0.4) is 0 Å². The van der Waals surface area contributed by atoms with E-state index in [0.717, 1.165) is 22.6 Å². The largest absolute Gasteiger partial charge is 0.475 e. The van der Waals surface area contributed by atoms with E-state index >= 15 is 0 Å². The maximum atomic E-state index is 6.00. The third-order valence-electron chi connectivity index (χ3n) is 3.22. The molecule has 0 fully saturated rings. The van der Waals surface area contributed by atoms with Gasteiger partial charge >= 0.3 is 0 Å². The predicted octanol–water partition coefficient (Wildman–Crippen LogP) is 3.68. The van der Waals surface area contributed by atoms with E-state index in [1.54, 1.807) is 6.08 Å². The molecule has 2 rings (SSSR count). The number of pyridine rings is 1. The number of benzene rings is 1. The van der Waals surface area contributed by atoms with Gasteiger partial charge in [-0.1, -0.05) is 30.8 Å². The van der Waals surface area contributed by atoms with Crippen LogP contribution in [0.15, 0.2) is 49.2 Å². The van der Waals surface area contributed by atoms with Crippen molar-refractivity contribution in [2.45, 2.75) is 13.2 Å². The third-order valence-corrected chi connectivity index (χ3v) is 3.22. The highest BCUT2D eigenvalue weighted by molar-refractivity contribution is 5.70. The van der Waals surface area contributed by atoms with E-state index in [0.29, 0.717) is 0 Å². The Labute approximate surface area is 120 Å². The monoisotopic (exact) mass is 268 g/mol. The third kappa shape index (κ3) is 3.25. The van der Waals surface area contributed by atoms with Crippen LogP contribution in [-0.4, -0.2) is 30.2 Å². The summed E-state index contributed by atoms with van der Waals surface area (Å²) in [7, 11) is 3.99. The molecule has 104 valence electrons. The fraction of sp³-hybridized carbons (Fsp3) is 0.235. The number of nitrogens with zero attached hydrogens (tertiary/aromatic N) is 2. The van der Waals surface area contributed by atoms with E-state index in [4.69, 9.17) is 4.74 Å². The highest BCUT2D eigenvalue weighted by Crippen LogP contribution is 2.30. The topological polar surface area (TPSA) is 25.4 Å². The summed E-state index contributed by atoms with van der Waals surface area (Å²) in [5.74, 6) is 0.863. The standard InChI is InChI=1S/C17H20N2O/c1-5-15-11-10-14(12-18-15)16-8-6-7-9-17(16)20-13(2)19(3)4/h5-13H,1H2,2-4H3. The Balaban J connectivity index is 2.33. The van der Waals surface area contributed by atoms with Crippen molar-refractivity contribution >= 4 is 6.08 Å². The summed E-state index contributed by atoms with van der Waals surface area (Å²) in [6, 6.07) is 12.0. The number of hydrogen-bond donors (Lipinski definition) is 0. The molecule has 0 saturated carbocycles. The lowest BCUT2D eigenvalue weighted by molar-refractivity contribution is 0.0821. The fourth-order valence-corrected chi connectivity index (χ4v) is 1.78. The van der Waals surface area contributed by atoms with Gasteiger partial charge in [-0.15, -0.1) is 0 Å². The normalized spacial score (nSPS) is 12.2. The van der Waals surface area contributed by atoms with E-state index in [1.165, 1.54) is 0 Å². The van der Waals surface area contributed by atoms with Crippen LogP contribution in [0.25, 0.3) is 17.2 Å². The molecule has 0 aliphatic carbocycles. The molecule has 1 heterocycles. The lowest BCUT2D eigenvalue weighted by Crippen LogP contribution is -2.30. The molecular weight excluding hydrogens is 248 g/mol. The molecule has 0 spiro atoms. The molecule has 1 aromatic heterocycles. The molecule has 2 aromatic rings. The summed E-state index contributed by atoms with van der Waals surface area (Å²) in [5.41, 5.74) is 2.95. The quantitative estimate of drug-likeness (QED) is 0.773. The zero-order valence-electron chi connectivity index (χ0n) is 12.2. The van der Waals surface area contributed by atoms with Gasteiger partial charge in [-0.25, -0.2) is 0 Å². The van der Waals surface area contributed by atoms with Gasteiger partial charge in [-0.2, -0.15) is 0 Å². The predicted molar refractivity (Wildman–Crippen MR) is 83.5 cm³/mol. The smallest absolute Gasteiger partial charge is 0.149 e. The molecule has 0 aliphatic rings. The van der Waals surface area contributed by atoms with Crippen molar-refractivity contribution in [3.63, 3.8) is 0 Å². The molecule has 0 N–H and O–H groups in total. The van der Waals surface area contributed by atoms with Crippen molar-refractivity contribution in [1.82, 2.24) is 9.88 Å². The molecule has 1 atom stereocenters. The van der Waals surface area contributed by atoms with Crippen LogP contribution in [0, 0.1) is 0 Å². The summed E-state index contributed by atoms with van der Waals surface area (Å²) in [4.78, 5) is 6.37. The zero-order chi connectivity index (χ0) is 14.5. The Morgan fingerprint density at radius 2 is 1.95 bits per heavy atom. The first-order valence-corrected chi connectivity index (χ1v) is 6.63. The molecule has 3 heteroatoms. The van der Waals surface area contributed by atoms with Crippen LogP contribution in [0.2, 0.25) is 0 Å². The van der Waals surface area contributed by atoms with Crippen LogP contribution in [0.4, 0.5) is 0 Å². The van der Waals surface area contributed by atoms with Gasteiger partial charge in [-0.3, -0.25) is 9.88 Å². The van der Waals surface area contributed by atoms with Crippen molar-refractivity contribution < 1.29 is 4.74 Å². The maximum absolute atomic E-state index is 6.00. The molecule has 0 saturated heterocycles. The van der Waals surface area contributed by atoms with E-state index in [2.05, 4.69) is 11.6 Å². The van der Waals surface area contributed by atoms with Gasteiger partial charge < -0.3 is 4.74 Å². The Kier molecular flexibility index (Phi) is 4.53. The van der Waals surface area contributed by atoms with Gasteiger partial charge in [0.1, 0.15) is 12.0 Å². The van der Waals surface area contributed by atoms with Gasteiger partial charge in [0.25, 0.3) is 0 Å². The van der Waals surface area contributed by atoms with Gasteiger partial charge in [0.05, 0.1) is 5.69 Å². The summed E-state index contributed by atoms with van der Waals surface area (Å²) < 4.78 is 6.00. The lowest BCUT2D eigenvalue weighted by atomic mass is 10.1. The van der Waals surface area contributed by atoms with E-state index in [9.17, 15) is 0 Å². The summed E-state index contributed by atoms with van der Waals surface area (Å²) >= 11 is 0. The minimum absolute atomic E-state index is 0.0107. The average molecular weight is 268 g/mol. The van der Waals surface area contributed by atoms with Crippen LogP contribution in [0.5, 0.6) is 5.75 Å². The minimum Gasteiger partial charge on any atom is -0.475 e. The fourth-order valence-electron chi connectivity index (χ4n) is 1.78. The number of para-hydroxylation sites is 1. The molecule has 3 nitrogen and oxygen atoms in total. The van der Waals surface area contributed by atoms with Crippen molar-refractivity contribution in [3.8, 4) is 16.9 Å². The number of ether oxygens (including phenoxy) is 1. The van der Waals surface area contributed by atoms with Gasteiger partial charge in [0.15, 0.2) is 0 Å². The highest BCUT2D eigenvalue weighted by Gasteiger charge is 2.11. The second-order valence-electron chi connectivity index (χ2n) is 4.85. The van der Waals surface area contributed by atoms with E-state index in [1.807, 2.05) is 68.5 Å². The maximum Gasteiger partial charge on any atom is 0.149 e. The van der Waals surface area contributed by atoms with Crippen molar-refractivity contribution in [1.29, 1.82) is 0 Å². The molecule has 0 amide bonds. The molecule has 20 heavy (non-hydrogen) atoms. The minimum atomic E-state index is 0.0107. The number of hydrogen-bond acceptors (Lipinski definition) is 3. The zero-order valence-corrected chi connectivity index (χ0v) is 12.2. The Morgan fingerprint density at radius 1 is 1.20 bits per heavy atom. The van der Waals surface area contributed by atoms with Crippen LogP contribution >= 0.6 is 0 Å². The van der Waals surface area contributed by atoms with Crippen molar-refractivity contribution in [2.24, 2.45) is 0 Å². The molecule has 1 aromatic carbocycles. The first-order chi connectivity index (χ1) is 9.61. The first-order valence-electron chi connectivity index (χ1n) is 6.63. The Morgan fingerprint density at radius 3 is 2.55 bits per heavy atom. The number of aromatic nitrogens is 1. The van der Waals surface area contributed by atoms with Crippen LogP contribution < -0.4 is 4.74 Å². The second kappa shape index (κ2) is 6.35. The Hall–Kier alpha value is -2.13. The Bertz CT molecular complexity index is 576. The average Bonchev–Trinajstić information content (AvgIpc) is 2.48. The SMILES string of the molecule is C=Cc1ccc(-c2ccccc2OC(C)N(C)C)cn1. The van der Waals surface area contributed by atoms with Crippen molar-refractivity contribution in [2.75, 3.05) is 14.1 Å². The number of rotatable bonds is 5. The molecule has 0 bridgehead atoms. The van der Waals surface area contributed by atoms with Crippen molar-refractivity contribution in [3.05, 3.63) is 54.9 Å². The molecule has 0 aliphatic heterocycles. The first kappa shape index (κ1) is 14.3. The lowest BCUT2D eigenvalue weighted by Gasteiger charge is -2.22. The summed E-state index contributed by atoms with van der Waals surface area (Å²) in [6.07, 6.45) is 3.59. The molecular formula is C17H20N2O. The van der Waals surface area contributed by atoms with Crippen LogP contribution in [-0.2, 0) is 0 Å².